The third kappa shape index (κ3) is 9.58. The van der Waals surface area contributed by atoms with Gasteiger partial charge in [0.1, 0.15) is 0 Å². The van der Waals surface area contributed by atoms with Crippen LogP contribution in [0.15, 0.2) is 36.4 Å². The normalized spacial score (nSPS) is 13.6. The lowest BCUT2D eigenvalue weighted by atomic mass is 9.82. The van der Waals surface area contributed by atoms with Crippen LogP contribution >= 0.6 is 0 Å². The Morgan fingerprint density at radius 3 is 2.28 bits per heavy atom. The Morgan fingerprint density at radius 1 is 1.10 bits per heavy atom. The van der Waals surface area contributed by atoms with E-state index in [-0.39, 0.29) is 11.8 Å². The zero-order valence-corrected chi connectivity index (χ0v) is 17.8. The first kappa shape index (κ1) is 24.7. The molecule has 1 unspecified atom stereocenters. The van der Waals surface area contributed by atoms with Crippen LogP contribution in [0, 0.1) is 23.7 Å². The van der Waals surface area contributed by atoms with Crippen LogP contribution in [0.1, 0.15) is 46.1 Å². The fraction of sp³-hybridized carbons (Fsp3) is 0.545. The van der Waals surface area contributed by atoms with Gasteiger partial charge in [0.05, 0.1) is 0 Å². The number of amides is 2. The van der Waals surface area contributed by atoms with Crippen LogP contribution in [-0.4, -0.2) is 40.4 Å². The second-order valence-corrected chi connectivity index (χ2v) is 8.17. The van der Waals surface area contributed by atoms with E-state index in [0.717, 1.165) is 12.0 Å². The number of hydroxylamine groups is 1. The Bertz CT molecular complexity index is 647. The van der Waals surface area contributed by atoms with Gasteiger partial charge in [-0.05, 0) is 36.2 Å². The molecule has 0 radical (unpaired) electrons. The highest BCUT2D eigenvalue weighted by Gasteiger charge is 2.29. The molecule has 1 aromatic carbocycles. The van der Waals surface area contributed by atoms with Crippen LogP contribution in [0.3, 0.4) is 0 Å². The molecule has 2 amide bonds. The Hall–Kier alpha value is -2.38. The molecule has 0 heterocycles. The quantitative estimate of drug-likeness (QED) is 0.311. The van der Waals surface area contributed by atoms with Crippen molar-refractivity contribution in [3.63, 3.8) is 0 Å². The van der Waals surface area contributed by atoms with Crippen LogP contribution in [0.25, 0.3) is 6.08 Å². The van der Waals surface area contributed by atoms with Crippen LogP contribution in [0.5, 0.6) is 0 Å². The van der Waals surface area contributed by atoms with Crippen molar-refractivity contribution in [1.29, 1.82) is 0 Å². The highest BCUT2D eigenvalue weighted by atomic mass is 16.5. The van der Waals surface area contributed by atoms with Gasteiger partial charge < -0.3 is 5.11 Å². The number of nitrogens with zero attached hydrogens (tertiary/aromatic N) is 1. The molecule has 0 aliphatic rings. The van der Waals surface area contributed by atoms with Crippen LogP contribution in [-0.2, 0) is 4.79 Å². The SMILES string of the molecule is CC(C)C[C@@H](CNN(CC(C)C)C(=O)O)C(C/C=C/c1ccccc1)C(=O)NO. The molecule has 4 N–H and O–H groups in total. The maximum atomic E-state index is 12.4. The van der Waals surface area contributed by atoms with Crippen LogP contribution in [0.2, 0.25) is 0 Å². The van der Waals surface area contributed by atoms with E-state index in [9.17, 15) is 19.9 Å². The lowest BCUT2D eigenvalue weighted by Gasteiger charge is -2.30. The van der Waals surface area contributed by atoms with Crippen molar-refractivity contribution in [2.75, 3.05) is 13.1 Å². The largest absolute Gasteiger partial charge is 0.464 e. The number of hydrogen-bond donors (Lipinski definition) is 4. The summed E-state index contributed by atoms with van der Waals surface area (Å²) < 4.78 is 0. The summed E-state index contributed by atoms with van der Waals surface area (Å²) in [6.45, 7) is 8.69. The van der Waals surface area contributed by atoms with E-state index in [1.807, 2.05) is 56.3 Å². The average molecular weight is 406 g/mol. The zero-order valence-electron chi connectivity index (χ0n) is 17.8. The van der Waals surface area contributed by atoms with E-state index < -0.39 is 17.9 Å². The number of allylic oxidation sites excluding steroid dienone is 1. The first-order chi connectivity index (χ1) is 13.7. The smallest absolute Gasteiger partial charge is 0.421 e. The fourth-order valence-corrected chi connectivity index (χ4v) is 3.31. The minimum Gasteiger partial charge on any atom is -0.464 e. The van der Waals surface area contributed by atoms with E-state index in [2.05, 4.69) is 19.3 Å². The predicted molar refractivity (Wildman–Crippen MR) is 114 cm³/mol. The van der Waals surface area contributed by atoms with E-state index >= 15 is 0 Å². The number of carbonyl (C=O) groups excluding carboxylic acids is 1. The molecule has 7 heteroatoms. The summed E-state index contributed by atoms with van der Waals surface area (Å²) in [4.78, 5) is 23.9. The van der Waals surface area contributed by atoms with Crippen LogP contribution < -0.4 is 10.9 Å². The van der Waals surface area contributed by atoms with E-state index in [1.165, 1.54) is 5.01 Å². The fourth-order valence-electron chi connectivity index (χ4n) is 3.31. The molecule has 7 nitrogen and oxygen atoms in total. The number of nitrogens with one attached hydrogen (secondary N) is 2. The van der Waals surface area contributed by atoms with Crippen molar-refractivity contribution in [3.05, 3.63) is 42.0 Å². The molecule has 0 aromatic heterocycles. The summed E-state index contributed by atoms with van der Waals surface area (Å²) in [6.07, 6.45) is 3.98. The van der Waals surface area contributed by atoms with Crippen molar-refractivity contribution in [3.8, 4) is 0 Å². The standard InChI is InChI=1S/C22H35N3O4/c1-16(2)13-19(14-23-25(22(27)28)15-17(3)4)20(21(26)24-29)12-8-11-18-9-6-5-7-10-18/h5-11,16-17,19-20,23,29H,12-15H2,1-4H3,(H,24,26)(H,27,28)/b11-8+/t19-,20?/m0/s1. The summed E-state index contributed by atoms with van der Waals surface area (Å²) in [5, 5.41) is 19.8. The number of rotatable bonds is 12. The van der Waals surface area contributed by atoms with Gasteiger partial charge in [0.15, 0.2) is 0 Å². The molecule has 0 saturated carbocycles. The molecular formula is C22H35N3O4. The molecule has 1 rings (SSSR count). The Balaban J connectivity index is 2.92. The molecule has 0 saturated heterocycles. The minimum absolute atomic E-state index is 0.142. The summed E-state index contributed by atoms with van der Waals surface area (Å²) in [7, 11) is 0. The first-order valence-corrected chi connectivity index (χ1v) is 10.1. The van der Waals surface area contributed by atoms with Gasteiger partial charge >= 0.3 is 6.09 Å². The highest BCUT2D eigenvalue weighted by molar-refractivity contribution is 5.78. The third-order valence-electron chi connectivity index (χ3n) is 4.61. The molecule has 0 aliphatic carbocycles. The maximum absolute atomic E-state index is 12.4. The average Bonchev–Trinajstić information content (AvgIpc) is 2.67. The summed E-state index contributed by atoms with van der Waals surface area (Å²) in [5.41, 5.74) is 5.78. The molecule has 29 heavy (non-hydrogen) atoms. The Morgan fingerprint density at radius 2 is 1.76 bits per heavy atom. The van der Waals surface area contributed by atoms with Gasteiger partial charge in [-0.3, -0.25) is 10.0 Å². The van der Waals surface area contributed by atoms with Gasteiger partial charge in [-0.15, -0.1) is 0 Å². The summed E-state index contributed by atoms with van der Waals surface area (Å²) >= 11 is 0. The number of benzene rings is 1. The third-order valence-corrected chi connectivity index (χ3v) is 4.61. The van der Waals surface area contributed by atoms with Crippen molar-refractivity contribution >= 4 is 18.1 Å². The molecule has 1 aromatic rings. The molecule has 0 spiro atoms. The van der Waals surface area contributed by atoms with Gasteiger partial charge in [0.25, 0.3) is 0 Å². The maximum Gasteiger partial charge on any atom is 0.421 e. The molecular weight excluding hydrogens is 370 g/mol. The number of hydrazine groups is 1. The van der Waals surface area contributed by atoms with Gasteiger partial charge in [-0.2, -0.15) is 0 Å². The minimum atomic E-state index is -1.05. The van der Waals surface area contributed by atoms with Gasteiger partial charge in [0, 0.05) is 19.0 Å². The summed E-state index contributed by atoms with van der Waals surface area (Å²) in [5.74, 6) is -0.591. The molecule has 0 fully saturated rings. The van der Waals surface area contributed by atoms with E-state index in [1.54, 1.807) is 5.48 Å². The lowest BCUT2D eigenvalue weighted by molar-refractivity contribution is -0.135. The lowest BCUT2D eigenvalue weighted by Crippen LogP contribution is -2.48. The predicted octanol–water partition coefficient (Wildman–Crippen LogP) is 4.01. The Kier molecular flexibility index (Phi) is 11.0. The van der Waals surface area contributed by atoms with Crippen molar-refractivity contribution in [2.45, 2.75) is 40.5 Å². The summed E-state index contributed by atoms with van der Waals surface area (Å²) in [6, 6.07) is 9.77. The highest BCUT2D eigenvalue weighted by Crippen LogP contribution is 2.24. The van der Waals surface area contributed by atoms with Gasteiger partial charge in [0.2, 0.25) is 5.91 Å². The van der Waals surface area contributed by atoms with Crippen molar-refractivity contribution in [2.24, 2.45) is 23.7 Å². The van der Waals surface area contributed by atoms with E-state index in [0.29, 0.717) is 25.4 Å². The zero-order chi connectivity index (χ0) is 21.8. The topological polar surface area (TPSA) is 102 Å². The van der Waals surface area contributed by atoms with Crippen LogP contribution in [0.4, 0.5) is 4.79 Å². The number of carboxylic acid groups (broad SMARTS) is 1. The molecule has 0 bridgehead atoms. The second-order valence-electron chi connectivity index (χ2n) is 8.17. The molecule has 0 aliphatic heterocycles. The first-order valence-electron chi connectivity index (χ1n) is 10.1. The molecule has 2 atom stereocenters. The van der Waals surface area contributed by atoms with Gasteiger partial charge in [-0.1, -0.05) is 70.2 Å². The number of carbonyl (C=O) groups is 2. The number of hydrogen-bond acceptors (Lipinski definition) is 4. The second kappa shape index (κ2) is 13.0. The van der Waals surface area contributed by atoms with Crippen molar-refractivity contribution < 1.29 is 19.9 Å². The molecule has 162 valence electrons. The van der Waals surface area contributed by atoms with E-state index in [4.69, 9.17) is 0 Å². The monoisotopic (exact) mass is 405 g/mol. The van der Waals surface area contributed by atoms with Gasteiger partial charge in [-0.25, -0.2) is 20.7 Å². The van der Waals surface area contributed by atoms with Crippen molar-refractivity contribution in [1.82, 2.24) is 15.9 Å². The Labute approximate surface area is 173 Å².